The Hall–Kier alpha value is -2.48. The number of para-hydroxylation sites is 1. The zero-order valence-corrected chi connectivity index (χ0v) is 12.2. The quantitative estimate of drug-likeness (QED) is 0.731. The third-order valence-corrected chi connectivity index (χ3v) is 3.79. The molecular weight excluding hydrogens is 286 g/mol. The Morgan fingerprint density at radius 1 is 1.24 bits per heavy atom. The molecule has 0 radical (unpaired) electrons. The van der Waals surface area contributed by atoms with Gasteiger partial charge in [-0.3, -0.25) is 0 Å². The molecule has 0 amide bonds. The average Bonchev–Trinajstić information content (AvgIpc) is 2.96. The molecule has 21 heavy (non-hydrogen) atoms. The number of tetrazole rings is 1. The van der Waals surface area contributed by atoms with Crippen LogP contribution in [0, 0.1) is 6.92 Å². The van der Waals surface area contributed by atoms with E-state index < -0.39 is 0 Å². The topological polar surface area (TPSA) is 95.4 Å². The number of nitrogens with zero attached hydrogens (tertiary/aromatic N) is 6. The molecule has 0 spiro atoms. The van der Waals surface area contributed by atoms with Crippen molar-refractivity contribution in [1.82, 2.24) is 30.2 Å². The second kappa shape index (κ2) is 5.88. The second-order valence-corrected chi connectivity index (χ2v) is 5.27. The Morgan fingerprint density at radius 3 is 2.81 bits per heavy atom. The molecule has 2 heterocycles. The molecule has 0 fully saturated rings. The first-order valence-electron chi connectivity index (χ1n) is 6.28. The molecular formula is C13H13N7S. The zero-order chi connectivity index (χ0) is 14.7. The van der Waals surface area contributed by atoms with Gasteiger partial charge >= 0.3 is 0 Å². The van der Waals surface area contributed by atoms with Crippen molar-refractivity contribution in [3.63, 3.8) is 0 Å². The molecule has 8 heteroatoms. The van der Waals surface area contributed by atoms with Crippen LogP contribution in [0.5, 0.6) is 0 Å². The molecule has 0 saturated heterocycles. The molecule has 2 N–H and O–H groups in total. The Kier molecular flexibility index (Phi) is 3.78. The Balaban J connectivity index is 1.79. The molecule has 3 aromatic rings. The van der Waals surface area contributed by atoms with E-state index in [1.807, 2.05) is 37.3 Å². The fourth-order valence-electron chi connectivity index (χ4n) is 1.77. The third kappa shape index (κ3) is 3.00. The first-order chi connectivity index (χ1) is 10.2. The largest absolute Gasteiger partial charge is 0.383 e. The van der Waals surface area contributed by atoms with Crippen LogP contribution in [-0.4, -0.2) is 30.2 Å². The number of aromatic nitrogens is 6. The predicted molar refractivity (Wildman–Crippen MR) is 79.9 cm³/mol. The lowest BCUT2D eigenvalue weighted by Crippen LogP contribution is -2.02. The predicted octanol–water partition coefficient (Wildman–Crippen LogP) is 1.64. The van der Waals surface area contributed by atoms with Crippen LogP contribution in [0.1, 0.15) is 11.4 Å². The molecule has 0 aliphatic heterocycles. The maximum atomic E-state index is 5.89. The van der Waals surface area contributed by atoms with E-state index in [0.29, 0.717) is 22.6 Å². The molecule has 1 aromatic carbocycles. The van der Waals surface area contributed by atoms with Gasteiger partial charge in [0.2, 0.25) is 5.16 Å². The minimum atomic E-state index is 0.494. The van der Waals surface area contributed by atoms with Crippen LogP contribution < -0.4 is 5.73 Å². The van der Waals surface area contributed by atoms with Gasteiger partial charge in [0.15, 0.2) is 0 Å². The van der Waals surface area contributed by atoms with E-state index in [2.05, 4.69) is 25.5 Å². The molecule has 3 rings (SSSR count). The fourth-order valence-corrected chi connectivity index (χ4v) is 2.63. The summed E-state index contributed by atoms with van der Waals surface area (Å²) >= 11 is 1.49. The fraction of sp³-hybridized carbons (Fsp3) is 0.154. The lowest BCUT2D eigenvalue weighted by Gasteiger charge is -2.05. The van der Waals surface area contributed by atoms with Crippen molar-refractivity contribution in [2.75, 3.05) is 5.73 Å². The minimum Gasteiger partial charge on any atom is -0.383 e. The summed E-state index contributed by atoms with van der Waals surface area (Å²) in [7, 11) is 0. The van der Waals surface area contributed by atoms with Crippen LogP contribution in [0.3, 0.4) is 0 Å². The highest BCUT2D eigenvalue weighted by atomic mass is 32.2. The normalized spacial score (nSPS) is 10.7. The summed E-state index contributed by atoms with van der Waals surface area (Å²) in [4.78, 5) is 8.31. The summed E-state index contributed by atoms with van der Waals surface area (Å²) < 4.78 is 1.69. The smallest absolute Gasteiger partial charge is 0.214 e. The van der Waals surface area contributed by atoms with Gasteiger partial charge < -0.3 is 5.73 Å². The molecule has 0 aliphatic carbocycles. The number of thioether (sulfide) groups is 1. The van der Waals surface area contributed by atoms with Crippen LogP contribution in [-0.2, 0) is 5.75 Å². The lowest BCUT2D eigenvalue weighted by atomic mass is 10.3. The summed E-state index contributed by atoms with van der Waals surface area (Å²) in [5.41, 5.74) is 7.67. The van der Waals surface area contributed by atoms with E-state index >= 15 is 0 Å². The monoisotopic (exact) mass is 299 g/mol. The van der Waals surface area contributed by atoms with Crippen LogP contribution in [0.25, 0.3) is 5.69 Å². The van der Waals surface area contributed by atoms with Crippen molar-refractivity contribution < 1.29 is 0 Å². The highest BCUT2D eigenvalue weighted by Crippen LogP contribution is 2.23. The maximum Gasteiger partial charge on any atom is 0.214 e. The highest BCUT2D eigenvalue weighted by Gasteiger charge is 2.10. The molecule has 0 unspecified atom stereocenters. The number of rotatable bonds is 4. The van der Waals surface area contributed by atoms with Crippen molar-refractivity contribution in [2.45, 2.75) is 17.8 Å². The van der Waals surface area contributed by atoms with E-state index in [1.54, 1.807) is 10.9 Å². The number of aryl methyl sites for hydroxylation is 1. The second-order valence-electron chi connectivity index (χ2n) is 4.33. The van der Waals surface area contributed by atoms with Gasteiger partial charge in [0.1, 0.15) is 11.6 Å². The summed E-state index contributed by atoms with van der Waals surface area (Å²) in [5.74, 6) is 1.77. The average molecular weight is 299 g/mol. The zero-order valence-electron chi connectivity index (χ0n) is 11.3. The lowest BCUT2D eigenvalue weighted by molar-refractivity contribution is 0.756. The molecule has 2 aromatic heterocycles. The van der Waals surface area contributed by atoms with Gasteiger partial charge in [0.05, 0.1) is 5.69 Å². The molecule has 7 nitrogen and oxygen atoms in total. The van der Waals surface area contributed by atoms with Crippen molar-refractivity contribution in [3.8, 4) is 5.69 Å². The Bertz CT molecular complexity index is 741. The van der Waals surface area contributed by atoms with E-state index in [4.69, 9.17) is 5.73 Å². The number of nitrogens with two attached hydrogens (primary N) is 1. The van der Waals surface area contributed by atoms with Crippen molar-refractivity contribution >= 4 is 17.6 Å². The summed E-state index contributed by atoms with van der Waals surface area (Å²) in [6, 6.07) is 9.73. The first-order valence-corrected chi connectivity index (χ1v) is 7.27. The summed E-state index contributed by atoms with van der Waals surface area (Å²) in [5, 5.41) is 12.5. The van der Waals surface area contributed by atoms with Crippen LogP contribution in [0.4, 0.5) is 5.82 Å². The van der Waals surface area contributed by atoms with Crippen molar-refractivity contribution in [3.05, 3.63) is 47.9 Å². The first kappa shape index (κ1) is 13.5. The highest BCUT2D eigenvalue weighted by molar-refractivity contribution is 7.98. The molecule has 0 bridgehead atoms. The van der Waals surface area contributed by atoms with Gasteiger partial charge in [0.25, 0.3) is 0 Å². The minimum absolute atomic E-state index is 0.494. The molecule has 0 aliphatic rings. The van der Waals surface area contributed by atoms with Crippen LogP contribution in [0.15, 0.2) is 41.7 Å². The number of nitrogen functional groups attached to an aromatic ring is 1. The van der Waals surface area contributed by atoms with E-state index in [9.17, 15) is 0 Å². The van der Waals surface area contributed by atoms with E-state index in [-0.39, 0.29) is 0 Å². The van der Waals surface area contributed by atoms with Gasteiger partial charge in [-0.2, -0.15) is 4.68 Å². The van der Waals surface area contributed by atoms with Crippen molar-refractivity contribution in [2.24, 2.45) is 0 Å². The van der Waals surface area contributed by atoms with Crippen molar-refractivity contribution in [1.29, 1.82) is 0 Å². The van der Waals surface area contributed by atoms with Gasteiger partial charge in [-0.25, -0.2) is 9.97 Å². The number of benzene rings is 1. The summed E-state index contributed by atoms with van der Waals surface area (Å²) in [6.45, 7) is 1.81. The van der Waals surface area contributed by atoms with Crippen LogP contribution in [0.2, 0.25) is 0 Å². The number of hydrogen-bond acceptors (Lipinski definition) is 7. The van der Waals surface area contributed by atoms with E-state index in [0.717, 1.165) is 11.3 Å². The third-order valence-electron chi connectivity index (χ3n) is 2.82. The number of anilines is 1. The van der Waals surface area contributed by atoms with Gasteiger partial charge in [-0.05, 0) is 29.5 Å². The molecule has 106 valence electrons. The number of hydrogen-bond donors (Lipinski definition) is 1. The van der Waals surface area contributed by atoms with Crippen LogP contribution >= 0.6 is 11.8 Å². The Labute approximate surface area is 125 Å². The Morgan fingerprint density at radius 2 is 2.05 bits per heavy atom. The standard InChI is InChI=1S/C13H13N7S/c1-9-15-7-10(12(14)16-9)8-21-13-17-18-19-20(13)11-5-3-2-4-6-11/h2-7H,8H2,1H3,(H2,14,15,16). The van der Waals surface area contributed by atoms with E-state index in [1.165, 1.54) is 11.8 Å². The molecule has 0 saturated carbocycles. The summed E-state index contributed by atoms with van der Waals surface area (Å²) in [6.07, 6.45) is 1.74. The maximum absolute atomic E-state index is 5.89. The van der Waals surface area contributed by atoms with Gasteiger partial charge in [0, 0.05) is 17.5 Å². The van der Waals surface area contributed by atoms with Gasteiger partial charge in [-0.1, -0.05) is 30.0 Å². The molecule has 0 atom stereocenters. The van der Waals surface area contributed by atoms with Gasteiger partial charge in [-0.15, -0.1) is 5.10 Å². The SMILES string of the molecule is Cc1ncc(CSc2nnnn2-c2ccccc2)c(N)n1.